The Morgan fingerprint density at radius 3 is 2.18 bits per heavy atom. The third-order valence-electron chi connectivity index (χ3n) is 3.01. The summed E-state index contributed by atoms with van der Waals surface area (Å²) in [4.78, 5) is 2.50. The van der Waals surface area contributed by atoms with Crippen molar-refractivity contribution in [3.8, 4) is 0 Å². The van der Waals surface area contributed by atoms with Gasteiger partial charge in [0.05, 0.1) is 0 Å². The van der Waals surface area contributed by atoms with Crippen LogP contribution in [0.25, 0.3) is 0 Å². The van der Waals surface area contributed by atoms with Crippen molar-refractivity contribution in [1.29, 1.82) is 0 Å². The molecule has 1 radical (unpaired) electrons. The number of para-hydroxylation sites is 1. The van der Waals surface area contributed by atoms with Crippen LogP contribution in [-0.4, -0.2) is 12.1 Å². The molecule has 0 aliphatic rings. The molecule has 0 aliphatic heterocycles. The molecule has 0 aliphatic carbocycles. The number of hydrogen-bond acceptors (Lipinski definition) is 1. The highest BCUT2D eigenvalue weighted by atomic mass is 15.2. The monoisotopic (exact) mass is 232 g/mol. The Hall–Kier alpha value is -0.980. The summed E-state index contributed by atoms with van der Waals surface area (Å²) in [6, 6.07) is 10.7. The maximum absolute atomic E-state index is 3.90. The van der Waals surface area contributed by atoms with Crippen LogP contribution in [0, 0.1) is 6.92 Å². The number of nitrogens with zero attached hydrogens (tertiary/aromatic N) is 1. The van der Waals surface area contributed by atoms with Gasteiger partial charge in [-0.25, -0.2) is 0 Å². The molecule has 0 N–H and O–H groups in total. The van der Waals surface area contributed by atoms with E-state index in [0.717, 1.165) is 13.0 Å². The van der Waals surface area contributed by atoms with Crippen molar-refractivity contribution in [3.63, 3.8) is 0 Å². The van der Waals surface area contributed by atoms with Crippen LogP contribution >= 0.6 is 0 Å². The third-order valence-corrected chi connectivity index (χ3v) is 3.01. The van der Waals surface area contributed by atoms with Crippen LogP contribution in [-0.2, 0) is 0 Å². The van der Waals surface area contributed by atoms with Gasteiger partial charge in [0.2, 0.25) is 0 Å². The highest BCUT2D eigenvalue weighted by molar-refractivity contribution is 5.48. The summed E-state index contributed by atoms with van der Waals surface area (Å²) in [5, 5.41) is 0. The first-order chi connectivity index (χ1) is 8.05. The van der Waals surface area contributed by atoms with E-state index in [-0.39, 0.29) is 5.54 Å². The Labute approximate surface area is 107 Å². The lowest BCUT2D eigenvalue weighted by atomic mass is 10.0. The molecule has 0 spiro atoms. The van der Waals surface area contributed by atoms with Gasteiger partial charge in [-0.05, 0) is 39.3 Å². The van der Waals surface area contributed by atoms with Gasteiger partial charge in [0.15, 0.2) is 0 Å². The summed E-state index contributed by atoms with van der Waals surface area (Å²) < 4.78 is 0. The molecule has 0 fully saturated rings. The molecule has 0 saturated heterocycles. The van der Waals surface area contributed by atoms with E-state index in [4.69, 9.17) is 0 Å². The fourth-order valence-corrected chi connectivity index (χ4v) is 2.08. The molecule has 95 valence electrons. The molecule has 1 nitrogen and oxygen atoms in total. The number of benzene rings is 1. The minimum absolute atomic E-state index is 0.186. The van der Waals surface area contributed by atoms with Gasteiger partial charge in [-0.3, -0.25) is 0 Å². The normalized spacial score (nSPS) is 11.5. The molecule has 0 saturated carbocycles. The SMILES string of the molecule is [CH2]CCCCCN(c1ccccc1)C(C)(C)C. The van der Waals surface area contributed by atoms with Crippen LogP contribution in [0.5, 0.6) is 0 Å². The molecule has 1 aromatic rings. The van der Waals surface area contributed by atoms with Crippen LogP contribution < -0.4 is 4.90 Å². The maximum atomic E-state index is 3.90. The van der Waals surface area contributed by atoms with E-state index in [1.165, 1.54) is 24.9 Å². The van der Waals surface area contributed by atoms with Gasteiger partial charge in [-0.1, -0.05) is 44.4 Å². The Morgan fingerprint density at radius 1 is 1.00 bits per heavy atom. The molecule has 0 bridgehead atoms. The minimum Gasteiger partial charge on any atom is -0.367 e. The van der Waals surface area contributed by atoms with Gasteiger partial charge in [0.1, 0.15) is 0 Å². The standard InChI is InChI=1S/C16H26N/c1-5-6-7-11-14-17(16(2,3)4)15-12-9-8-10-13-15/h8-10,12-13H,1,5-7,11,14H2,2-4H3. The fraction of sp³-hybridized carbons (Fsp3) is 0.562. The Bertz CT molecular complexity index is 297. The third kappa shape index (κ3) is 4.80. The average Bonchev–Trinajstić information content (AvgIpc) is 2.28. The van der Waals surface area contributed by atoms with E-state index in [9.17, 15) is 0 Å². The number of hydrogen-bond donors (Lipinski definition) is 0. The molecule has 0 heterocycles. The zero-order valence-corrected chi connectivity index (χ0v) is 11.6. The van der Waals surface area contributed by atoms with Gasteiger partial charge >= 0.3 is 0 Å². The molecule has 0 atom stereocenters. The molecule has 1 aromatic carbocycles. The number of unbranched alkanes of at least 4 members (excludes halogenated alkanes) is 3. The lowest BCUT2D eigenvalue weighted by Gasteiger charge is -2.38. The van der Waals surface area contributed by atoms with Crippen LogP contribution in [0.2, 0.25) is 0 Å². The van der Waals surface area contributed by atoms with E-state index in [1.54, 1.807) is 0 Å². The largest absolute Gasteiger partial charge is 0.367 e. The van der Waals surface area contributed by atoms with Crippen LogP contribution in [0.3, 0.4) is 0 Å². The van der Waals surface area contributed by atoms with Crippen molar-refractivity contribution in [3.05, 3.63) is 37.3 Å². The van der Waals surface area contributed by atoms with Gasteiger partial charge in [-0.15, -0.1) is 0 Å². The predicted molar refractivity (Wildman–Crippen MR) is 77.4 cm³/mol. The van der Waals surface area contributed by atoms with Gasteiger partial charge in [0.25, 0.3) is 0 Å². The van der Waals surface area contributed by atoms with Crippen molar-refractivity contribution in [2.75, 3.05) is 11.4 Å². The van der Waals surface area contributed by atoms with Crippen molar-refractivity contribution in [2.45, 2.75) is 52.0 Å². The summed E-state index contributed by atoms with van der Waals surface area (Å²) in [5.41, 5.74) is 1.51. The maximum Gasteiger partial charge on any atom is 0.0370 e. The van der Waals surface area contributed by atoms with E-state index in [0.29, 0.717) is 0 Å². The quantitative estimate of drug-likeness (QED) is 0.643. The van der Waals surface area contributed by atoms with Crippen molar-refractivity contribution in [1.82, 2.24) is 0 Å². The lowest BCUT2D eigenvalue weighted by Crippen LogP contribution is -2.42. The second-order valence-electron chi connectivity index (χ2n) is 5.57. The first kappa shape index (κ1) is 14.1. The Balaban J connectivity index is 2.63. The molecule has 0 amide bonds. The summed E-state index contributed by atoms with van der Waals surface area (Å²) in [6.07, 6.45) is 4.83. The fourth-order valence-electron chi connectivity index (χ4n) is 2.08. The summed E-state index contributed by atoms with van der Waals surface area (Å²) in [7, 11) is 0. The van der Waals surface area contributed by atoms with E-state index in [2.05, 4.69) is 62.9 Å². The lowest BCUT2D eigenvalue weighted by molar-refractivity contribution is 0.489. The number of anilines is 1. The molecule has 0 unspecified atom stereocenters. The molecule has 17 heavy (non-hydrogen) atoms. The van der Waals surface area contributed by atoms with Crippen molar-refractivity contribution >= 4 is 5.69 Å². The second kappa shape index (κ2) is 6.68. The highest BCUT2D eigenvalue weighted by Crippen LogP contribution is 2.24. The first-order valence-electron chi connectivity index (χ1n) is 6.67. The summed E-state index contributed by atoms with van der Waals surface area (Å²) in [5.74, 6) is 0. The second-order valence-corrected chi connectivity index (χ2v) is 5.57. The first-order valence-corrected chi connectivity index (χ1v) is 6.67. The van der Waals surface area contributed by atoms with Crippen molar-refractivity contribution < 1.29 is 0 Å². The van der Waals surface area contributed by atoms with Gasteiger partial charge < -0.3 is 4.90 Å². The Kier molecular flexibility index (Phi) is 5.54. The Morgan fingerprint density at radius 2 is 1.65 bits per heavy atom. The van der Waals surface area contributed by atoms with E-state index >= 15 is 0 Å². The average molecular weight is 232 g/mol. The van der Waals surface area contributed by atoms with E-state index in [1.807, 2.05) is 0 Å². The van der Waals surface area contributed by atoms with Crippen LogP contribution in [0.4, 0.5) is 5.69 Å². The minimum atomic E-state index is 0.186. The van der Waals surface area contributed by atoms with Crippen LogP contribution in [0.15, 0.2) is 30.3 Å². The zero-order chi connectivity index (χ0) is 12.7. The molecular weight excluding hydrogens is 206 g/mol. The zero-order valence-electron chi connectivity index (χ0n) is 11.6. The molecule has 1 rings (SSSR count). The van der Waals surface area contributed by atoms with Gasteiger partial charge in [0, 0.05) is 17.8 Å². The number of rotatable bonds is 6. The summed E-state index contributed by atoms with van der Waals surface area (Å²) in [6.45, 7) is 11.9. The van der Waals surface area contributed by atoms with E-state index < -0.39 is 0 Å². The highest BCUT2D eigenvalue weighted by Gasteiger charge is 2.20. The van der Waals surface area contributed by atoms with Crippen LogP contribution in [0.1, 0.15) is 46.5 Å². The molecular formula is C16H26N. The summed E-state index contributed by atoms with van der Waals surface area (Å²) >= 11 is 0. The van der Waals surface area contributed by atoms with Gasteiger partial charge in [-0.2, -0.15) is 0 Å². The predicted octanol–water partition coefficient (Wildman–Crippen LogP) is 4.69. The molecule has 0 aromatic heterocycles. The topological polar surface area (TPSA) is 3.24 Å². The molecule has 1 heteroatoms. The smallest absolute Gasteiger partial charge is 0.0370 e. The van der Waals surface area contributed by atoms with Crippen molar-refractivity contribution in [2.24, 2.45) is 0 Å².